The number of alkyl halides is 6. The fourth-order valence-corrected chi connectivity index (χ4v) is 5.56. The molecule has 0 radical (unpaired) electrons. The number of piperazine rings is 1. The van der Waals surface area contributed by atoms with Crippen LogP contribution in [0.5, 0.6) is 0 Å². The lowest BCUT2D eigenvalue weighted by molar-refractivity contribution is -0.155. The first kappa shape index (κ1) is 35.3. The van der Waals surface area contributed by atoms with Crippen molar-refractivity contribution >= 4 is 11.9 Å². The van der Waals surface area contributed by atoms with Gasteiger partial charge in [0.25, 0.3) is 5.91 Å². The molecule has 13 heteroatoms. The largest absolute Gasteiger partial charge is 0.465 e. The summed E-state index contributed by atoms with van der Waals surface area (Å²) in [7, 11) is 0. The Balaban J connectivity index is 1.54. The van der Waals surface area contributed by atoms with Crippen molar-refractivity contribution in [2.75, 3.05) is 59.1 Å². The van der Waals surface area contributed by atoms with Gasteiger partial charge in [-0.25, -0.2) is 0 Å². The molecule has 46 heavy (non-hydrogen) atoms. The number of morpholine rings is 1. The van der Waals surface area contributed by atoms with E-state index in [1.807, 2.05) is 41.8 Å². The van der Waals surface area contributed by atoms with Crippen molar-refractivity contribution in [3.8, 4) is 11.8 Å². The Morgan fingerprint density at radius 1 is 0.913 bits per heavy atom. The van der Waals surface area contributed by atoms with Crippen LogP contribution in [-0.4, -0.2) is 97.7 Å². The summed E-state index contributed by atoms with van der Waals surface area (Å²) in [4.78, 5) is 31.2. The summed E-state index contributed by atoms with van der Waals surface area (Å²) in [6.07, 6.45) is -9.79. The summed E-state index contributed by atoms with van der Waals surface area (Å²) in [5.41, 5.74) is -0.762. The topological polar surface area (TPSA) is 62.3 Å². The fourth-order valence-electron chi connectivity index (χ4n) is 5.56. The lowest BCUT2D eigenvalue weighted by atomic mass is 9.97. The molecule has 250 valence electrons. The van der Waals surface area contributed by atoms with E-state index in [4.69, 9.17) is 9.47 Å². The van der Waals surface area contributed by atoms with Crippen LogP contribution in [0.1, 0.15) is 45.1 Å². The number of benzene rings is 2. The maximum Gasteiger partial charge on any atom is 0.416 e. The number of carbonyl (C=O) groups is 2. The molecule has 2 saturated heterocycles. The van der Waals surface area contributed by atoms with Crippen LogP contribution in [0.4, 0.5) is 26.3 Å². The minimum atomic E-state index is -5.07. The molecule has 2 aliphatic rings. The maximum atomic E-state index is 13.6. The normalized spacial score (nSPS) is 19.8. The molecule has 0 bridgehead atoms. The lowest BCUT2D eigenvalue weighted by Crippen LogP contribution is -2.56. The minimum absolute atomic E-state index is 0.0197. The molecule has 0 saturated carbocycles. The third kappa shape index (κ3) is 9.02. The van der Waals surface area contributed by atoms with Gasteiger partial charge in [-0.15, -0.1) is 0 Å². The summed E-state index contributed by atoms with van der Waals surface area (Å²) in [5, 5.41) is 0. The Hall–Kier alpha value is -3.60. The van der Waals surface area contributed by atoms with Gasteiger partial charge >= 0.3 is 18.3 Å². The number of hydrogen-bond donors (Lipinski definition) is 0. The van der Waals surface area contributed by atoms with Crippen LogP contribution in [0, 0.1) is 25.7 Å². The van der Waals surface area contributed by atoms with E-state index in [2.05, 4.69) is 11.8 Å². The molecule has 7 nitrogen and oxygen atoms in total. The van der Waals surface area contributed by atoms with Gasteiger partial charge in [0.05, 0.1) is 44.0 Å². The van der Waals surface area contributed by atoms with Gasteiger partial charge in [-0.1, -0.05) is 30.0 Å². The lowest BCUT2D eigenvalue weighted by Gasteiger charge is -2.41. The molecule has 0 spiro atoms. The van der Waals surface area contributed by atoms with Crippen molar-refractivity contribution in [2.24, 2.45) is 0 Å². The van der Waals surface area contributed by atoms with Crippen LogP contribution in [0.2, 0.25) is 0 Å². The first-order valence-electron chi connectivity index (χ1n) is 15.0. The van der Waals surface area contributed by atoms with Crippen molar-refractivity contribution in [3.05, 3.63) is 69.8 Å². The van der Waals surface area contributed by atoms with Gasteiger partial charge in [0, 0.05) is 37.8 Å². The molecule has 4 rings (SSSR count). The average Bonchev–Trinajstić information content (AvgIpc) is 3.00. The third-order valence-electron chi connectivity index (χ3n) is 8.21. The van der Waals surface area contributed by atoms with Gasteiger partial charge < -0.3 is 14.4 Å². The van der Waals surface area contributed by atoms with E-state index < -0.39 is 47.0 Å². The Labute approximate surface area is 264 Å². The van der Waals surface area contributed by atoms with Crippen LogP contribution in [0.3, 0.4) is 0 Å². The number of amides is 1. The van der Waals surface area contributed by atoms with E-state index in [0.29, 0.717) is 57.9 Å². The molecule has 2 heterocycles. The third-order valence-corrected chi connectivity index (χ3v) is 8.21. The monoisotopic (exact) mass is 653 g/mol. The quantitative estimate of drug-likeness (QED) is 0.239. The zero-order chi connectivity index (χ0) is 33.6. The summed E-state index contributed by atoms with van der Waals surface area (Å²) in [5.74, 6) is 4.92. The standard InChI is InChI=1S/C33H37F6N3O4/c1-4-46-31(44)29-21-45-14-13-41(29)10-6-5-9-40-11-12-42(28(20-40)16-24-8-7-22(2)23(3)15-24)30(43)25-17-26(32(34,35)36)19-27(18-25)33(37,38)39/h7-8,15,17-19,28-29H,4,9-14,16,20-21H2,1-3H3/t28?,29-/m0/s1. The number of hydrogen-bond acceptors (Lipinski definition) is 6. The van der Waals surface area contributed by atoms with Crippen molar-refractivity contribution in [1.82, 2.24) is 14.7 Å². The van der Waals surface area contributed by atoms with Gasteiger partial charge in [-0.2, -0.15) is 26.3 Å². The molecule has 2 aromatic rings. The molecule has 2 aromatic carbocycles. The number of ether oxygens (including phenoxy) is 2. The number of carbonyl (C=O) groups excluding carboxylic acids is 2. The maximum absolute atomic E-state index is 13.6. The van der Waals surface area contributed by atoms with E-state index in [-0.39, 0.29) is 31.8 Å². The van der Waals surface area contributed by atoms with E-state index in [9.17, 15) is 35.9 Å². The average molecular weight is 654 g/mol. The SMILES string of the molecule is CCOC(=O)[C@@H]1COCCN1CC#CCN1CCN(C(=O)c2cc(C(F)(F)F)cc(C(F)(F)F)c2)C(Cc2ccc(C)c(C)c2)C1. The number of rotatable bonds is 7. The number of nitrogens with zero attached hydrogens (tertiary/aromatic N) is 3. The van der Waals surface area contributed by atoms with Crippen molar-refractivity contribution in [2.45, 2.75) is 51.6 Å². The molecule has 0 N–H and O–H groups in total. The smallest absolute Gasteiger partial charge is 0.416 e. The second-order valence-corrected chi connectivity index (χ2v) is 11.5. The molecule has 1 amide bonds. The first-order chi connectivity index (χ1) is 21.7. The number of halogens is 6. The van der Waals surface area contributed by atoms with Crippen LogP contribution >= 0.6 is 0 Å². The molecule has 1 unspecified atom stereocenters. The first-order valence-corrected chi connectivity index (χ1v) is 15.0. The van der Waals surface area contributed by atoms with E-state index in [1.54, 1.807) is 6.92 Å². The number of esters is 1. The molecule has 2 atom stereocenters. The fraction of sp³-hybridized carbons (Fsp3) is 0.515. The van der Waals surface area contributed by atoms with Gasteiger partial charge in [-0.3, -0.25) is 19.4 Å². The van der Waals surface area contributed by atoms with Gasteiger partial charge in [0.2, 0.25) is 0 Å². The Morgan fingerprint density at radius 3 is 2.22 bits per heavy atom. The summed E-state index contributed by atoms with van der Waals surface area (Å²) in [6.45, 7) is 8.41. The molecular formula is C33H37F6N3O4. The van der Waals surface area contributed by atoms with Crippen molar-refractivity contribution < 1.29 is 45.4 Å². The zero-order valence-corrected chi connectivity index (χ0v) is 25.9. The van der Waals surface area contributed by atoms with Crippen LogP contribution in [0.15, 0.2) is 36.4 Å². The molecule has 0 aliphatic carbocycles. The Bertz CT molecular complexity index is 1430. The van der Waals surface area contributed by atoms with Crippen molar-refractivity contribution in [1.29, 1.82) is 0 Å². The van der Waals surface area contributed by atoms with Crippen LogP contribution < -0.4 is 0 Å². The highest BCUT2D eigenvalue weighted by Gasteiger charge is 2.39. The van der Waals surface area contributed by atoms with Gasteiger partial charge in [0.1, 0.15) is 6.04 Å². The van der Waals surface area contributed by atoms with Gasteiger partial charge in [-0.05, 0) is 62.1 Å². The molecule has 2 aliphatic heterocycles. The van der Waals surface area contributed by atoms with E-state index >= 15 is 0 Å². The minimum Gasteiger partial charge on any atom is -0.465 e. The van der Waals surface area contributed by atoms with Gasteiger partial charge in [0.15, 0.2) is 0 Å². The highest BCUT2D eigenvalue weighted by atomic mass is 19.4. The van der Waals surface area contributed by atoms with Crippen LogP contribution in [-0.2, 0) is 33.0 Å². The second-order valence-electron chi connectivity index (χ2n) is 11.5. The van der Waals surface area contributed by atoms with Crippen LogP contribution in [0.25, 0.3) is 0 Å². The van der Waals surface area contributed by atoms with E-state index in [1.165, 1.54) is 4.90 Å². The Kier molecular flexibility index (Phi) is 11.4. The molecular weight excluding hydrogens is 616 g/mol. The summed E-state index contributed by atoms with van der Waals surface area (Å²) >= 11 is 0. The number of aryl methyl sites for hydroxylation is 2. The highest BCUT2D eigenvalue weighted by Crippen LogP contribution is 2.37. The Morgan fingerprint density at radius 2 is 1.59 bits per heavy atom. The molecule has 2 fully saturated rings. The highest BCUT2D eigenvalue weighted by molar-refractivity contribution is 5.95. The predicted octanol–water partition coefficient (Wildman–Crippen LogP) is 4.98. The molecule has 0 aromatic heterocycles. The van der Waals surface area contributed by atoms with Crippen molar-refractivity contribution in [3.63, 3.8) is 0 Å². The van der Waals surface area contributed by atoms with E-state index in [0.717, 1.165) is 16.7 Å². The zero-order valence-electron chi connectivity index (χ0n) is 25.9. The summed E-state index contributed by atoms with van der Waals surface area (Å²) in [6, 6.07) is 5.69. The predicted molar refractivity (Wildman–Crippen MR) is 158 cm³/mol. The second kappa shape index (κ2) is 14.9. The summed E-state index contributed by atoms with van der Waals surface area (Å²) < 4.78 is 91.8.